The molecular weight excluding hydrogens is 442 g/mol. The number of ketones is 1. The van der Waals surface area contributed by atoms with Crippen molar-refractivity contribution in [2.45, 2.75) is 52.4 Å². The number of nitro benzene ring substituents is 1. The van der Waals surface area contributed by atoms with E-state index in [1.54, 1.807) is 6.08 Å². The third-order valence-electron chi connectivity index (χ3n) is 6.44. The number of allylic oxidation sites excluding steroid dienone is 4. The van der Waals surface area contributed by atoms with Gasteiger partial charge in [-0.3, -0.25) is 24.5 Å². The van der Waals surface area contributed by atoms with Crippen LogP contribution in [0.25, 0.3) is 0 Å². The normalized spacial score (nSPS) is 24.6. The van der Waals surface area contributed by atoms with E-state index in [0.717, 1.165) is 11.8 Å². The zero-order chi connectivity index (χ0) is 25.3. The maximum Gasteiger partial charge on any atom is 0.320 e. The van der Waals surface area contributed by atoms with Crippen LogP contribution in [-0.4, -0.2) is 39.0 Å². The summed E-state index contributed by atoms with van der Waals surface area (Å²) >= 11 is 0. The van der Waals surface area contributed by atoms with E-state index in [9.17, 15) is 34.7 Å². The van der Waals surface area contributed by atoms with Crippen LogP contribution in [0.5, 0.6) is 0 Å². The van der Waals surface area contributed by atoms with Gasteiger partial charge in [-0.15, -0.1) is 0 Å². The number of carboxylic acid groups (broad SMARTS) is 1. The van der Waals surface area contributed by atoms with E-state index in [1.165, 1.54) is 24.3 Å². The Bertz CT molecular complexity index is 1130. The molecule has 0 bridgehead atoms. The zero-order valence-corrected chi connectivity index (χ0v) is 19.2. The number of nitrogens with one attached hydrogen (secondary N) is 1. The molecule has 3 N–H and O–H groups in total. The fourth-order valence-corrected chi connectivity index (χ4v) is 4.58. The summed E-state index contributed by atoms with van der Waals surface area (Å²) in [4.78, 5) is 48.5. The summed E-state index contributed by atoms with van der Waals surface area (Å²) in [7, 11) is 0. The van der Waals surface area contributed by atoms with Gasteiger partial charge in [0.15, 0.2) is 11.2 Å². The highest BCUT2D eigenvalue weighted by molar-refractivity contribution is 6.14. The van der Waals surface area contributed by atoms with Gasteiger partial charge in [0.25, 0.3) is 11.6 Å². The quantitative estimate of drug-likeness (QED) is 0.188. The first-order chi connectivity index (χ1) is 15.9. The predicted molar refractivity (Wildman–Crippen MR) is 123 cm³/mol. The molecule has 0 radical (unpaired) electrons. The number of carbonyl (C=O) groups excluding carboxylic acids is 2. The summed E-state index contributed by atoms with van der Waals surface area (Å²) in [6.07, 6.45) is 3.38. The maximum absolute atomic E-state index is 13.2. The zero-order valence-electron chi connectivity index (χ0n) is 19.2. The molecule has 0 spiro atoms. The van der Waals surface area contributed by atoms with Gasteiger partial charge in [0.2, 0.25) is 0 Å². The first-order valence-corrected chi connectivity index (χ1v) is 10.8. The number of aliphatic hydroxyl groups excluding tert-OH is 1. The molecule has 0 aromatic heterocycles. The van der Waals surface area contributed by atoms with Crippen LogP contribution in [0.3, 0.4) is 0 Å². The molecule has 0 aliphatic heterocycles. The van der Waals surface area contributed by atoms with Gasteiger partial charge in [0, 0.05) is 30.9 Å². The monoisotopic (exact) mass is 469 g/mol. The molecule has 2 atom stereocenters. The Labute approximate surface area is 196 Å². The predicted octanol–water partition coefficient (Wildman–Crippen LogP) is 3.79. The second-order valence-electron chi connectivity index (χ2n) is 9.64. The number of carboxylic acids is 1. The number of rotatable bonds is 6. The van der Waals surface area contributed by atoms with Crippen molar-refractivity contribution in [3.8, 4) is 0 Å². The maximum atomic E-state index is 13.2. The second kappa shape index (κ2) is 9.20. The minimum atomic E-state index is -1.91. The number of aliphatic hydroxyl groups is 1. The summed E-state index contributed by atoms with van der Waals surface area (Å²) in [5.41, 5.74) is 1.14. The second-order valence-corrected chi connectivity index (χ2v) is 9.64. The van der Waals surface area contributed by atoms with E-state index in [-0.39, 0.29) is 53.9 Å². The van der Waals surface area contributed by atoms with Crippen LogP contribution in [0.4, 0.5) is 5.69 Å². The van der Waals surface area contributed by atoms with Gasteiger partial charge < -0.3 is 10.2 Å². The van der Waals surface area contributed by atoms with Crippen molar-refractivity contribution in [3.05, 3.63) is 62.9 Å². The summed E-state index contributed by atoms with van der Waals surface area (Å²) in [5, 5.41) is 35.2. The lowest BCUT2D eigenvalue weighted by Crippen LogP contribution is -2.50. The van der Waals surface area contributed by atoms with Crippen LogP contribution in [0, 0.1) is 20.9 Å². The number of amides is 1. The molecule has 1 amide bonds. The fraction of sp³-hybridized carbons (Fsp3) is 0.417. The van der Waals surface area contributed by atoms with Crippen LogP contribution in [-0.2, 0) is 14.4 Å². The summed E-state index contributed by atoms with van der Waals surface area (Å²) < 4.78 is 0. The lowest BCUT2D eigenvalue weighted by molar-refractivity contribution is -0.384. The molecule has 2 aliphatic carbocycles. The number of hydrogen-bond donors (Lipinski definition) is 3. The first kappa shape index (κ1) is 24.8. The van der Waals surface area contributed by atoms with Crippen LogP contribution >= 0.6 is 0 Å². The Morgan fingerprint density at radius 2 is 1.88 bits per heavy atom. The van der Waals surface area contributed by atoms with Gasteiger partial charge in [0.05, 0.1) is 16.7 Å². The molecular formula is C24H27N3O7. The van der Waals surface area contributed by atoms with Crippen molar-refractivity contribution in [1.82, 2.24) is 5.43 Å². The van der Waals surface area contributed by atoms with Crippen molar-refractivity contribution in [1.29, 1.82) is 0 Å². The van der Waals surface area contributed by atoms with Crippen molar-refractivity contribution in [2.24, 2.45) is 15.9 Å². The van der Waals surface area contributed by atoms with E-state index in [2.05, 4.69) is 10.5 Å². The topological polar surface area (TPSA) is 159 Å². The molecule has 2 unspecified atom stereocenters. The third kappa shape index (κ3) is 4.75. The minimum Gasteiger partial charge on any atom is -0.511 e. The molecule has 1 aromatic rings. The number of Topliss-reactive ketones (excluding diaryl/α,β-unsaturated/α-hetero) is 1. The highest BCUT2D eigenvalue weighted by atomic mass is 16.6. The van der Waals surface area contributed by atoms with Crippen molar-refractivity contribution < 1.29 is 29.5 Å². The van der Waals surface area contributed by atoms with E-state index < -0.39 is 28.1 Å². The van der Waals surface area contributed by atoms with E-state index in [1.807, 2.05) is 20.8 Å². The van der Waals surface area contributed by atoms with E-state index >= 15 is 0 Å². The van der Waals surface area contributed by atoms with Crippen LogP contribution in [0.1, 0.15) is 57.9 Å². The fourth-order valence-electron chi connectivity index (χ4n) is 4.58. The largest absolute Gasteiger partial charge is 0.511 e. The lowest BCUT2D eigenvalue weighted by atomic mass is 9.64. The standard InChI is InChI=1S/C24H27N3O7/c1-14-8-9-24(22(31)32,18(10-14)15-4-6-16(7-5-15)27(33)34)21(30)26-25-13-17-19(28)11-23(2,3)12-20(17)29/h4-8,13,18,28H,9-12H2,1-3H3,(H,26,30)(H,31,32)/b25-13+. The van der Waals surface area contributed by atoms with Crippen LogP contribution in [0.2, 0.25) is 0 Å². The Kier molecular flexibility index (Phi) is 6.72. The molecule has 0 saturated carbocycles. The molecule has 10 nitrogen and oxygen atoms in total. The van der Waals surface area contributed by atoms with Gasteiger partial charge >= 0.3 is 5.97 Å². The average molecular weight is 469 g/mol. The smallest absolute Gasteiger partial charge is 0.320 e. The molecule has 180 valence electrons. The van der Waals surface area contributed by atoms with Crippen molar-refractivity contribution >= 4 is 29.6 Å². The van der Waals surface area contributed by atoms with Gasteiger partial charge in [-0.05, 0) is 30.7 Å². The van der Waals surface area contributed by atoms with Crippen molar-refractivity contribution in [3.63, 3.8) is 0 Å². The number of hydrogen-bond acceptors (Lipinski definition) is 7. The number of hydrazone groups is 1. The number of nitrogens with zero attached hydrogens (tertiary/aromatic N) is 2. The third-order valence-corrected chi connectivity index (χ3v) is 6.44. The number of non-ortho nitro benzene ring substituents is 1. The molecule has 3 rings (SSSR count). The molecule has 0 fully saturated rings. The lowest BCUT2D eigenvalue weighted by Gasteiger charge is -2.38. The van der Waals surface area contributed by atoms with Gasteiger partial charge in [-0.1, -0.05) is 37.6 Å². The molecule has 34 heavy (non-hydrogen) atoms. The van der Waals surface area contributed by atoms with Crippen LogP contribution in [0.15, 0.2) is 52.3 Å². The van der Waals surface area contributed by atoms with Gasteiger partial charge in [-0.2, -0.15) is 5.10 Å². The Hall–Kier alpha value is -3.82. The average Bonchev–Trinajstić information content (AvgIpc) is 2.74. The molecule has 0 heterocycles. The van der Waals surface area contributed by atoms with E-state index in [4.69, 9.17) is 0 Å². The molecule has 0 saturated heterocycles. The minimum absolute atomic E-state index is 0.0182. The highest BCUT2D eigenvalue weighted by Crippen LogP contribution is 2.47. The Morgan fingerprint density at radius 3 is 2.44 bits per heavy atom. The molecule has 2 aliphatic rings. The highest BCUT2D eigenvalue weighted by Gasteiger charge is 2.54. The first-order valence-electron chi connectivity index (χ1n) is 10.8. The van der Waals surface area contributed by atoms with Gasteiger partial charge in [0.1, 0.15) is 5.76 Å². The summed E-state index contributed by atoms with van der Waals surface area (Å²) in [6.45, 7) is 5.53. The summed E-state index contributed by atoms with van der Waals surface area (Å²) in [6, 6.07) is 5.47. The number of nitro groups is 1. The Morgan fingerprint density at radius 1 is 1.24 bits per heavy atom. The molecule has 1 aromatic carbocycles. The van der Waals surface area contributed by atoms with E-state index in [0.29, 0.717) is 5.56 Å². The number of aliphatic carboxylic acids is 1. The Balaban J connectivity index is 1.92. The number of benzene rings is 1. The van der Waals surface area contributed by atoms with Gasteiger partial charge in [-0.25, -0.2) is 5.43 Å². The SMILES string of the molecule is CC1=CCC(C(=O)O)(C(=O)N/N=C/C2=C(O)CC(C)(C)CC2=O)C(c2ccc([N+](=O)[O-])cc2)C1. The molecule has 10 heteroatoms. The number of carbonyl (C=O) groups is 3. The van der Waals surface area contributed by atoms with Crippen molar-refractivity contribution in [2.75, 3.05) is 0 Å². The van der Waals surface area contributed by atoms with Crippen LogP contribution < -0.4 is 5.43 Å². The summed E-state index contributed by atoms with van der Waals surface area (Å²) in [5.74, 6) is -3.49.